The molecule has 2 aliphatic heterocycles. The van der Waals surface area contributed by atoms with Crippen LogP contribution in [-0.2, 0) is 4.74 Å². The van der Waals surface area contributed by atoms with Crippen LogP contribution < -0.4 is 4.74 Å². The van der Waals surface area contributed by atoms with Gasteiger partial charge in [0.15, 0.2) is 0 Å². The van der Waals surface area contributed by atoms with Crippen LogP contribution in [0.3, 0.4) is 0 Å². The lowest BCUT2D eigenvalue weighted by Crippen LogP contribution is -2.34. The molecule has 0 aliphatic carbocycles. The molecule has 0 aromatic carbocycles. The summed E-state index contributed by atoms with van der Waals surface area (Å²) >= 11 is 1.75. The summed E-state index contributed by atoms with van der Waals surface area (Å²) in [6.07, 6.45) is 5.57. The highest BCUT2D eigenvalue weighted by molar-refractivity contribution is 7.11. The molecule has 0 N–H and O–H groups in total. The van der Waals surface area contributed by atoms with Crippen LogP contribution >= 0.6 is 11.3 Å². The van der Waals surface area contributed by atoms with Crippen molar-refractivity contribution in [2.45, 2.75) is 18.9 Å². The van der Waals surface area contributed by atoms with Crippen molar-refractivity contribution >= 4 is 22.8 Å². The maximum absolute atomic E-state index is 12.8. The summed E-state index contributed by atoms with van der Waals surface area (Å²) < 4.78 is 11.1. The Bertz CT molecular complexity index is 767. The van der Waals surface area contributed by atoms with Gasteiger partial charge in [-0.15, -0.1) is 11.3 Å². The predicted molar refractivity (Wildman–Crippen MR) is 96.9 cm³/mol. The van der Waals surface area contributed by atoms with E-state index in [0.29, 0.717) is 24.6 Å². The van der Waals surface area contributed by atoms with Crippen molar-refractivity contribution in [1.82, 2.24) is 9.88 Å². The van der Waals surface area contributed by atoms with Gasteiger partial charge in [-0.2, -0.15) is 0 Å². The zero-order chi connectivity index (χ0) is 17.1. The van der Waals surface area contributed by atoms with Gasteiger partial charge in [-0.25, -0.2) is 4.98 Å². The van der Waals surface area contributed by atoms with Crippen LogP contribution in [0.5, 0.6) is 5.88 Å². The number of ether oxygens (including phenoxy) is 2. The van der Waals surface area contributed by atoms with Crippen molar-refractivity contribution in [2.75, 3.05) is 26.3 Å². The number of aromatic nitrogens is 1. The highest BCUT2D eigenvalue weighted by atomic mass is 32.1. The predicted octanol–water partition coefficient (Wildman–Crippen LogP) is 3.24. The lowest BCUT2D eigenvalue weighted by molar-refractivity contribution is 0.0771. The molecule has 5 nitrogen and oxygen atoms in total. The number of hydrogen-bond acceptors (Lipinski definition) is 5. The van der Waals surface area contributed by atoms with Crippen LogP contribution in [-0.4, -0.2) is 48.2 Å². The number of pyridine rings is 1. The van der Waals surface area contributed by atoms with Gasteiger partial charge >= 0.3 is 0 Å². The Morgan fingerprint density at radius 3 is 3.08 bits per heavy atom. The number of carbonyl (C=O) groups excluding carboxylic acids is 1. The molecule has 1 unspecified atom stereocenters. The van der Waals surface area contributed by atoms with E-state index in [2.05, 4.69) is 28.6 Å². The lowest BCUT2D eigenvalue weighted by atomic mass is 10.1. The van der Waals surface area contributed by atoms with Crippen molar-refractivity contribution in [3.8, 4) is 5.88 Å². The number of hydrogen-bond donors (Lipinski definition) is 0. The van der Waals surface area contributed by atoms with Gasteiger partial charge in [0, 0.05) is 42.2 Å². The zero-order valence-corrected chi connectivity index (χ0v) is 14.7. The van der Waals surface area contributed by atoms with Crippen molar-refractivity contribution in [3.63, 3.8) is 0 Å². The Labute approximate surface area is 150 Å². The molecule has 0 bridgehead atoms. The minimum atomic E-state index is 0.0244. The second kappa shape index (κ2) is 7.37. The van der Waals surface area contributed by atoms with E-state index in [4.69, 9.17) is 9.47 Å². The summed E-state index contributed by atoms with van der Waals surface area (Å²) in [5, 5.41) is 2.08. The first-order valence-corrected chi connectivity index (χ1v) is 9.40. The molecule has 6 heteroatoms. The third-order valence-electron chi connectivity index (χ3n) is 4.49. The third kappa shape index (κ3) is 3.75. The summed E-state index contributed by atoms with van der Waals surface area (Å²) in [7, 11) is 0. The average molecular weight is 356 g/mol. The molecule has 2 aliphatic rings. The van der Waals surface area contributed by atoms with Crippen molar-refractivity contribution < 1.29 is 14.3 Å². The van der Waals surface area contributed by atoms with E-state index in [1.54, 1.807) is 29.7 Å². The van der Waals surface area contributed by atoms with Gasteiger partial charge in [0.25, 0.3) is 5.91 Å². The molecule has 130 valence electrons. The highest BCUT2D eigenvalue weighted by Crippen LogP contribution is 2.27. The van der Waals surface area contributed by atoms with Crippen LogP contribution in [0.4, 0.5) is 0 Å². The molecule has 2 aromatic heterocycles. The third-order valence-corrected chi connectivity index (χ3v) is 5.44. The van der Waals surface area contributed by atoms with Gasteiger partial charge in [0.2, 0.25) is 5.88 Å². The normalized spacial score (nSPS) is 20.4. The largest absolute Gasteiger partial charge is 0.472 e. The van der Waals surface area contributed by atoms with Crippen LogP contribution in [0.15, 0.2) is 41.9 Å². The number of carbonyl (C=O) groups is 1. The van der Waals surface area contributed by atoms with Crippen molar-refractivity contribution in [2.24, 2.45) is 0 Å². The standard InChI is InChI=1S/C19H20N2O3S/c22-19(21-8-4-14(5-9-21)17-2-1-11-25-17)15-3-7-20-18(12-15)24-16-6-10-23-13-16/h1-4,7,11-12,16H,5-6,8-10,13H2. The van der Waals surface area contributed by atoms with Gasteiger partial charge in [-0.05, 0) is 29.5 Å². The zero-order valence-electron chi connectivity index (χ0n) is 13.9. The smallest absolute Gasteiger partial charge is 0.254 e. The SMILES string of the molecule is O=C(c1ccnc(OC2CCOC2)c1)N1CC=C(c2cccs2)CC1. The molecular formula is C19H20N2O3S. The molecule has 0 spiro atoms. The summed E-state index contributed by atoms with van der Waals surface area (Å²) in [5.74, 6) is 0.518. The van der Waals surface area contributed by atoms with E-state index in [1.165, 1.54) is 10.5 Å². The van der Waals surface area contributed by atoms with E-state index < -0.39 is 0 Å². The maximum Gasteiger partial charge on any atom is 0.254 e. The highest BCUT2D eigenvalue weighted by Gasteiger charge is 2.22. The number of amides is 1. The Hall–Kier alpha value is -2.18. The van der Waals surface area contributed by atoms with Gasteiger partial charge in [0.1, 0.15) is 6.10 Å². The first kappa shape index (κ1) is 16.3. The van der Waals surface area contributed by atoms with Crippen LogP contribution in [0.1, 0.15) is 28.1 Å². The van der Waals surface area contributed by atoms with Crippen LogP contribution in [0.2, 0.25) is 0 Å². The second-order valence-corrected chi connectivity index (χ2v) is 7.14. The van der Waals surface area contributed by atoms with Gasteiger partial charge in [-0.1, -0.05) is 12.1 Å². The monoisotopic (exact) mass is 356 g/mol. The molecule has 25 heavy (non-hydrogen) atoms. The minimum Gasteiger partial charge on any atom is -0.472 e. The van der Waals surface area contributed by atoms with E-state index in [-0.39, 0.29) is 12.0 Å². The molecule has 4 rings (SSSR count). The second-order valence-electron chi connectivity index (χ2n) is 6.19. The Balaban J connectivity index is 1.42. The molecule has 0 saturated carbocycles. The number of rotatable bonds is 4. The van der Waals surface area contributed by atoms with E-state index in [0.717, 1.165) is 26.0 Å². The first-order valence-electron chi connectivity index (χ1n) is 8.52. The fourth-order valence-electron chi connectivity index (χ4n) is 3.10. The molecule has 1 fully saturated rings. The Kier molecular flexibility index (Phi) is 4.81. The number of thiophene rings is 1. The van der Waals surface area contributed by atoms with Crippen LogP contribution in [0, 0.1) is 0 Å². The molecule has 4 heterocycles. The average Bonchev–Trinajstić information content (AvgIpc) is 3.35. The molecule has 1 atom stereocenters. The molecule has 1 amide bonds. The summed E-state index contributed by atoms with van der Waals surface area (Å²) in [6, 6.07) is 7.68. The molecule has 0 radical (unpaired) electrons. The maximum atomic E-state index is 12.8. The van der Waals surface area contributed by atoms with Gasteiger partial charge in [-0.3, -0.25) is 4.79 Å². The number of nitrogens with zero attached hydrogens (tertiary/aromatic N) is 2. The minimum absolute atomic E-state index is 0.0244. The first-order chi connectivity index (χ1) is 12.3. The van der Waals surface area contributed by atoms with Gasteiger partial charge in [0.05, 0.1) is 13.2 Å². The van der Waals surface area contributed by atoms with Crippen LogP contribution in [0.25, 0.3) is 5.57 Å². The van der Waals surface area contributed by atoms with Crippen molar-refractivity contribution in [3.05, 3.63) is 52.4 Å². The molecular weight excluding hydrogens is 336 g/mol. The fourth-order valence-corrected chi connectivity index (χ4v) is 3.90. The quantitative estimate of drug-likeness (QED) is 0.844. The Morgan fingerprint density at radius 1 is 1.40 bits per heavy atom. The summed E-state index contributed by atoms with van der Waals surface area (Å²) in [4.78, 5) is 20.2. The lowest BCUT2D eigenvalue weighted by Gasteiger charge is -2.26. The molecule has 2 aromatic rings. The molecule has 1 saturated heterocycles. The Morgan fingerprint density at radius 2 is 2.36 bits per heavy atom. The van der Waals surface area contributed by atoms with E-state index in [1.807, 2.05) is 4.90 Å². The van der Waals surface area contributed by atoms with Gasteiger partial charge < -0.3 is 14.4 Å². The summed E-state index contributed by atoms with van der Waals surface area (Å²) in [5.41, 5.74) is 1.95. The topological polar surface area (TPSA) is 51.7 Å². The van der Waals surface area contributed by atoms with E-state index in [9.17, 15) is 4.79 Å². The summed E-state index contributed by atoms with van der Waals surface area (Å²) in [6.45, 7) is 2.68. The van der Waals surface area contributed by atoms with E-state index >= 15 is 0 Å². The van der Waals surface area contributed by atoms with Crippen molar-refractivity contribution in [1.29, 1.82) is 0 Å². The fraction of sp³-hybridized carbons (Fsp3) is 0.368.